The van der Waals surface area contributed by atoms with Gasteiger partial charge in [0.05, 0.1) is 25.1 Å². The van der Waals surface area contributed by atoms with Crippen LogP contribution in [0.15, 0.2) is 78.4 Å². The fourth-order valence-corrected chi connectivity index (χ4v) is 4.13. The Balaban J connectivity index is 1.87. The standard InChI is InChI=1S/C26H20ClNO6/c1-34-20-11-7-16(8-12-20)23-22(24(31)17-3-2-4-18(27)14-17)25(32)26(33)28(23)19-9-5-15(6-10-19)13-21(29)30/h2-12,14,23,31H,13H2,1H3,(H,29,30)/b24-22-. The van der Waals surface area contributed by atoms with Gasteiger partial charge < -0.3 is 14.9 Å². The first kappa shape index (κ1) is 23.1. The van der Waals surface area contributed by atoms with Crippen molar-refractivity contribution in [3.63, 3.8) is 0 Å². The number of carboxylic acids is 1. The number of aliphatic hydroxyl groups is 1. The predicted octanol–water partition coefficient (Wildman–Crippen LogP) is 4.60. The highest BCUT2D eigenvalue weighted by atomic mass is 35.5. The van der Waals surface area contributed by atoms with Gasteiger partial charge in [-0.05, 0) is 47.5 Å². The molecule has 0 bridgehead atoms. The maximum atomic E-state index is 13.2. The van der Waals surface area contributed by atoms with E-state index >= 15 is 0 Å². The molecule has 2 N–H and O–H groups in total. The summed E-state index contributed by atoms with van der Waals surface area (Å²) in [5, 5.41) is 20.5. The minimum atomic E-state index is -0.979. The second-order valence-corrected chi connectivity index (χ2v) is 8.13. The molecule has 3 aromatic rings. The Morgan fingerprint density at radius 2 is 1.68 bits per heavy atom. The molecule has 1 aliphatic heterocycles. The fourth-order valence-electron chi connectivity index (χ4n) is 3.94. The van der Waals surface area contributed by atoms with Crippen LogP contribution in [-0.4, -0.2) is 35.0 Å². The van der Waals surface area contributed by atoms with Crippen LogP contribution in [0, 0.1) is 0 Å². The van der Waals surface area contributed by atoms with Gasteiger partial charge in [-0.25, -0.2) is 0 Å². The maximum Gasteiger partial charge on any atom is 0.307 e. The summed E-state index contributed by atoms with van der Waals surface area (Å²) in [6, 6.07) is 18.6. The summed E-state index contributed by atoms with van der Waals surface area (Å²) in [7, 11) is 1.53. The second kappa shape index (κ2) is 9.41. The van der Waals surface area contributed by atoms with Crippen molar-refractivity contribution in [2.24, 2.45) is 0 Å². The molecule has 0 aromatic heterocycles. The number of rotatable bonds is 6. The molecule has 4 rings (SSSR count). The molecule has 172 valence electrons. The van der Waals surface area contributed by atoms with Crippen LogP contribution in [0.1, 0.15) is 22.7 Å². The van der Waals surface area contributed by atoms with Gasteiger partial charge in [0.15, 0.2) is 0 Å². The van der Waals surface area contributed by atoms with Crippen molar-refractivity contribution < 1.29 is 29.3 Å². The average Bonchev–Trinajstić information content (AvgIpc) is 3.09. The second-order valence-electron chi connectivity index (χ2n) is 7.69. The molecule has 1 aliphatic rings. The van der Waals surface area contributed by atoms with Crippen LogP contribution in [0.2, 0.25) is 5.02 Å². The van der Waals surface area contributed by atoms with Crippen LogP contribution in [0.4, 0.5) is 5.69 Å². The zero-order chi connectivity index (χ0) is 24.4. The number of carbonyl (C=O) groups is 3. The molecule has 0 spiro atoms. The Hall–Kier alpha value is -4.10. The molecule has 0 saturated carbocycles. The van der Waals surface area contributed by atoms with Crippen molar-refractivity contribution in [1.29, 1.82) is 0 Å². The molecule has 8 heteroatoms. The number of ketones is 1. The molecule has 7 nitrogen and oxygen atoms in total. The van der Waals surface area contributed by atoms with Gasteiger partial charge >= 0.3 is 5.97 Å². The van der Waals surface area contributed by atoms with E-state index in [-0.39, 0.29) is 17.8 Å². The molecular formula is C26H20ClNO6. The third kappa shape index (κ3) is 4.38. The number of aliphatic carboxylic acids is 1. The zero-order valence-corrected chi connectivity index (χ0v) is 18.8. The van der Waals surface area contributed by atoms with Gasteiger partial charge in [-0.3, -0.25) is 19.3 Å². The Labute approximate surface area is 200 Å². The lowest BCUT2D eigenvalue weighted by atomic mass is 9.95. The van der Waals surface area contributed by atoms with Crippen LogP contribution < -0.4 is 9.64 Å². The van der Waals surface area contributed by atoms with E-state index in [9.17, 15) is 19.5 Å². The smallest absolute Gasteiger partial charge is 0.307 e. The topological polar surface area (TPSA) is 104 Å². The lowest BCUT2D eigenvalue weighted by molar-refractivity contribution is -0.136. The van der Waals surface area contributed by atoms with Crippen molar-refractivity contribution in [3.05, 3.63) is 100 Å². The highest BCUT2D eigenvalue weighted by Crippen LogP contribution is 2.42. The third-order valence-corrected chi connectivity index (χ3v) is 5.78. The molecule has 34 heavy (non-hydrogen) atoms. The number of amides is 1. The van der Waals surface area contributed by atoms with E-state index in [1.165, 1.54) is 18.1 Å². The van der Waals surface area contributed by atoms with E-state index in [0.717, 1.165) is 0 Å². The van der Waals surface area contributed by atoms with Crippen molar-refractivity contribution in [1.82, 2.24) is 0 Å². The summed E-state index contributed by atoms with van der Waals surface area (Å²) in [4.78, 5) is 38.6. The number of hydrogen-bond donors (Lipinski definition) is 2. The molecule has 3 aromatic carbocycles. The van der Waals surface area contributed by atoms with Gasteiger partial charge in [0.25, 0.3) is 11.7 Å². The normalized spacial score (nSPS) is 17.1. The predicted molar refractivity (Wildman–Crippen MR) is 127 cm³/mol. The number of hydrogen-bond acceptors (Lipinski definition) is 5. The van der Waals surface area contributed by atoms with Gasteiger partial charge in [0.2, 0.25) is 0 Å². The van der Waals surface area contributed by atoms with Crippen molar-refractivity contribution >= 4 is 40.7 Å². The first-order valence-corrected chi connectivity index (χ1v) is 10.7. The number of Topliss-reactive ketones (excluding diaryl/α,β-unsaturated/α-hetero) is 1. The summed E-state index contributed by atoms with van der Waals surface area (Å²) >= 11 is 6.07. The number of anilines is 1. The number of carboxylic acid groups (broad SMARTS) is 1. The maximum absolute atomic E-state index is 13.2. The molecule has 0 radical (unpaired) electrons. The summed E-state index contributed by atoms with van der Waals surface area (Å²) in [5.74, 6) is -2.38. The summed E-state index contributed by atoms with van der Waals surface area (Å²) < 4.78 is 5.22. The Bertz CT molecular complexity index is 1300. The molecule has 1 saturated heterocycles. The van der Waals surface area contributed by atoms with Crippen molar-refractivity contribution in [2.75, 3.05) is 12.0 Å². The van der Waals surface area contributed by atoms with E-state index in [4.69, 9.17) is 21.4 Å². The molecule has 1 amide bonds. The SMILES string of the molecule is COc1ccc(C2/C(=C(/O)c3cccc(Cl)c3)C(=O)C(=O)N2c2ccc(CC(=O)O)cc2)cc1. The number of nitrogens with zero attached hydrogens (tertiary/aromatic N) is 1. The van der Waals surface area contributed by atoms with Crippen LogP contribution in [0.3, 0.4) is 0 Å². The minimum Gasteiger partial charge on any atom is -0.507 e. The van der Waals surface area contributed by atoms with E-state index < -0.39 is 23.7 Å². The number of methoxy groups -OCH3 is 1. The molecule has 0 aliphatic carbocycles. The number of ether oxygens (including phenoxy) is 1. The van der Waals surface area contributed by atoms with Crippen LogP contribution in [0.5, 0.6) is 5.75 Å². The lowest BCUT2D eigenvalue weighted by Crippen LogP contribution is -2.29. The monoisotopic (exact) mass is 477 g/mol. The summed E-state index contributed by atoms with van der Waals surface area (Å²) in [5.41, 5.74) is 1.75. The van der Waals surface area contributed by atoms with Crippen LogP contribution >= 0.6 is 11.6 Å². The van der Waals surface area contributed by atoms with Crippen LogP contribution in [-0.2, 0) is 20.8 Å². The molecule has 1 heterocycles. The van der Waals surface area contributed by atoms with Gasteiger partial charge in [0, 0.05) is 16.3 Å². The summed E-state index contributed by atoms with van der Waals surface area (Å²) in [6.45, 7) is 0. The number of halogens is 1. The van der Waals surface area contributed by atoms with E-state index in [1.807, 2.05) is 0 Å². The van der Waals surface area contributed by atoms with Gasteiger partial charge in [0.1, 0.15) is 11.5 Å². The molecular weight excluding hydrogens is 458 g/mol. The average molecular weight is 478 g/mol. The van der Waals surface area contributed by atoms with E-state index in [1.54, 1.807) is 66.7 Å². The number of carbonyl (C=O) groups excluding carboxylic acids is 2. The van der Waals surface area contributed by atoms with Crippen LogP contribution in [0.25, 0.3) is 5.76 Å². The van der Waals surface area contributed by atoms with E-state index in [2.05, 4.69) is 0 Å². The molecule has 1 fully saturated rings. The van der Waals surface area contributed by atoms with E-state index in [0.29, 0.717) is 33.1 Å². The molecule has 1 unspecified atom stereocenters. The zero-order valence-electron chi connectivity index (χ0n) is 18.1. The highest BCUT2D eigenvalue weighted by molar-refractivity contribution is 6.51. The minimum absolute atomic E-state index is 0.0768. The third-order valence-electron chi connectivity index (χ3n) is 5.54. The number of aliphatic hydroxyl groups excluding tert-OH is 1. The van der Waals surface area contributed by atoms with Crippen molar-refractivity contribution in [3.8, 4) is 5.75 Å². The Kier molecular flexibility index (Phi) is 6.38. The Morgan fingerprint density at radius 1 is 1.00 bits per heavy atom. The quantitative estimate of drug-likeness (QED) is 0.305. The largest absolute Gasteiger partial charge is 0.507 e. The number of benzene rings is 3. The fraction of sp³-hybridized carbons (Fsp3) is 0.115. The van der Waals surface area contributed by atoms with Gasteiger partial charge in [-0.2, -0.15) is 0 Å². The van der Waals surface area contributed by atoms with Crippen molar-refractivity contribution in [2.45, 2.75) is 12.5 Å². The van der Waals surface area contributed by atoms with Gasteiger partial charge in [-0.1, -0.05) is 48.0 Å². The summed E-state index contributed by atoms with van der Waals surface area (Å²) in [6.07, 6.45) is -0.171. The first-order valence-electron chi connectivity index (χ1n) is 10.3. The first-order chi connectivity index (χ1) is 16.3. The highest BCUT2D eigenvalue weighted by Gasteiger charge is 2.47. The Morgan fingerprint density at radius 3 is 2.26 bits per heavy atom. The van der Waals surface area contributed by atoms with Gasteiger partial charge in [-0.15, -0.1) is 0 Å². The molecule has 1 atom stereocenters. The lowest BCUT2D eigenvalue weighted by Gasteiger charge is -2.25.